The number of hydrogen-bond acceptors (Lipinski definition) is 9. The van der Waals surface area contributed by atoms with Gasteiger partial charge in [-0.3, -0.25) is 19.7 Å². The van der Waals surface area contributed by atoms with Crippen LogP contribution in [0.15, 0.2) is 65.8 Å². The maximum atomic E-state index is 12.8. The Labute approximate surface area is 205 Å². The van der Waals surface area contributed by atoms with Crippen LogP contribution in [0.2, 0.25) is 0 Å². The Hall–Kier alpha value is -5.06. The van der Waals surface area contributed by atoms with Crippen LogP contribution < -0.4 is 19.6 Å². The van der Waals surface area contributed by atoms with Gasteiger partial charge >= 0.3 is 17.6 Å². The molecule has 0 radical (unpaired) electrons. The molecule has 0 atom stereocenters. The van der Waals surface area contributed by atoms with E-state index in [1.165, 1.54) is 44.4 Å². The summed E-state index contributed by atoms with van der Waals surface area (Å²) < 4.78 is 15.5. The Balaban J connectivity index is 1.86. The molecule has 184 valence electrons. The number of rotatable bonds is 8. The molecule has 1 amide bonds. The van der Waals surface area contributed by atoms with Crippen molar-refractivity contribution in [2.45, 2.75) is 13.8 Å². The summed E-state index contributed by atoms with van der Waals surface area (Å²) in [5, 5.41) is 15.4. The van der Waals surface area contributed by atoms with Crippen molar-refractivity contribution >= 4 is 29.7 Å². The van der Waals surface area contributed by atoms with Gasteiger partial charge in [0.2, 0.25) is 5.75 Å². The molecule has 11 nitrogen and oxygen atoms in total. The standard InChI is InChI=1S/C25H21N3O8/c1-15-7-9-17(10-8-15)24(30)27-26-14-19-5-4-6-20(28(32)33)23(19)36-25(31)18-11-12-21(35-16(2)29)22(13-18)34-3/h4-14H,1-3H3,(H,27,30)/b26-14+. The van der Waals surface area contributed by atoms with E-state index in [1.807, 2.05) is 6.92 Å². The van der Waals surface area contributed by atoms with E-state index in [1.54, 1.807) is 24.3 Å². The van der Waals surface area contributed by atoms with Gasteiger partial charge in [0.05, 0.1) is 23.8 Å². The number of methoxy groups -OCH3 is 1. The first kappa shape index (κ1) is 25.6. The molecule has 36 heavy (non-hydrogen) atoms. The minimum atomic E-state index is -0.935. The van der Waals surface area contributed by atoms with E-state index in [2.05, 4.69) is 10.5 Å². The zero-order valence-corrected chi connectivity index (χ0v) is 19.5. The van der Waals surface area contributed by atoms with Gasteiger partial charge in [0, 0.05) is 24.1 Å². The quantitative estimate of drug-likeness (QED) is 0.164. The van der Waals surface area contributed by atoms with Crippen LogP contribution in [-0.2, 0) is 4.79 Å². The zero-order chi connectivity index (χ0) is 26.2. The Kier molecular flexibility index (Phi) is 8.08. The predicted molar refractivity (Wildman–Crippen MR) is 129 cm³/mol. The highest BCUT2D eigenvalue weighted by Crippen LogP contribution is 2.32. The molecule has 0 aliphatic carbocycles. The van der Waals surface area contributed by atoms with Gasteiger partial charge in [-0.15, -0.1) is 0 Å². The lowest BCUT2D eigenvalue weighted by Crippen LogP contribution is -2.17. The van der Waals surface area contributed by atoms with E-state index in [0.717, 1.165) is 17.8 Å². The maximum absolute atomic E-state index is 12.8. The Morgan fingerprint density at radius 2 is 1.67 bits per heavy atom. The van der Waals surface area contributed by atoms with Crippen LogP contribution >= 0.6 is 0 Å². The van der Waals surface area contributed by atoms with Crippen molar-refractivity contribution in [3.05, 3.63) is 93.0 Å². The van der Waals surface area contributed by atoms with Crippen LogP contribution in [0.4, 0.5) is 5.69 Å². The largest absolute Gasteiger partial charge is 0.493 e. The Morgan fingerprint density at radius 3 is 2.31 bits per heavy atom. The molecule has 3 rings (SSSR count). The number of para-hydroxylation sites is 1. The van der Waals surface area contributed by atoms with Crippen molar-refractivity contribution in [1.82, 2.24) is 5.43 Å². The molecule has 0 saturated heterocycles. The van der Waals surface area contributed by atoms with E-state index in [9.17, 15) is 24.5 Å². The number of nitrogens with zero attached hydrogens (tertiary/aromatic N) is 2. The van der Waals surface area contributed by atoms with Gasteiger partial charge in [-0.2, -0.15) is 5.10 Å². The molecule has 0 heterocycles. The number of carbonyl (C=O) groups is 3. The molecule has 3 aromatic carbocycles. The molecular weight excluding hydrogens is 470 g/mol. The number of nitro groups is 1. The van der Waals surface area contributed by atoms with Crippen LogP contribution in [0.25, 0.3) is 0 Å². The fraction of sp³-hybridized carbons (Fsp3) is 0.120. The average molecular weight is 491 g/mol. The van der Waals surface area contributed by atoms with Gasteiger partial charge in [0.15, 0.2) is 11.5 Å². The molecule has 0 unspecified atom stereocenters. The Bertz CT molecular complexity index is 1350. The van der Waals surface area contributed by atoms with Crippen molar-refractivity contribution in [2.75, 3.05) is 7.11 Å². The van der Waals surface area contributed by atoms with Gasteiger partial charge in [0.1, 0.15) is 0 Å². The first-order valence-corrected chi connectivity index (χ1v) is 10.5. The van der Waals surface area contributed by atoms with Crippen LogP contribution in [0.3, 0.4) is 0 Å². The molecule has 0 aliphatic heterocycles. The molecule has 11 heteroatoms. The second-order valence-electron chi connectivity index (χ2n) is 7.37. The van der Waals surface area contributed by atoms with E-state index < -0.39 is 28.5 Å². The van der Waals surface area contributed by atoms with Gasteiger partial charge in [-0.1, -0.05) is 23.8 Å². The second kappa shape index (κ2) is 11.4. The lowest BCUT2D eigenvalue weighted by Gasteiger charge is -2.11. The van der Waals surface area contributed by atoms with Crippen molar-refractivity contribution in [1.29, 1.82) is 0 Å². The summed E-state index contributed by atoms with van der Waals surface area (Å²) in [7, 11) is 1.32. The maximum Gasteiger partial charge on any atom is 0.343 e. The van der Waals surface area contributed by atoms with E-state index in [-0.39, 0.29) is 28.4 Å². The Morgan fingerprint density at radius 1 is 0.972 bits per heavy atom. The van der Waals surface area contributed by atoms with Gasteiger partial charge in [-0.05, 0) is 43.3 Å². The number of carbonyl (C=O) groups excluding carboxylic acids is 3. The first-order chi connectivity index (χ1) is 17.2. The summed E-state index contributed by atoms with van der Waals surface area (Å²) in [6, 6.07) is 14.7. The minimum Gasteiger partial charge on any atom is -0.493 e. The summed E-state index contributed by atoms with van der Waals surface area (Å²) in [5.74, 6) is -2.21. The zero-order valence-electron chi connectivity index (χ0n) is 19.5. The highest BCUT2D eigenvalue weighted by Gasteiger charge is 2.23. The van der Waals surface area contributed by atoms with Gasteiger partial charge in [-0.25, -0.2) is 10.2 Å². The number of aryl methyl sites for hydroxylation is 1. The number of nitro benzene ring substituents is 1. The van der Waals surface area contributed by atoms with Crippen molar-refractivity contribution in [2.24, 2.45) is 5.10 Å². The average Bonchev–Trinajstić information content (AvgIpc) is 2.84. The third kappa shape index (κ3) is 6.29. The first-order valence-electron chi connectivity index (χ1n) is 10.5. The molecular formula is C25H21N3O8. The lowest BCUT2D eigenvalue weighted by atomic mass is 10.1. The van der Waals surface area contributed by atoms with E-state index >= 15 is 0 Å². The number of hydrogen-bond donors (Lipinski definition) is 1. The summed E-state index contributed by atoms with van der Waals surface area (Å²) in [5.41, 5.74) is 3.25. The topological polar surface area (TPSA) is 146 Å². The number of esters is 2. The molecule has 0 bridgehead atoms. The van der Waals surface area contributed by atoms with Crippen LogP contribution in [0.1, 0.15) is 38.8 Å². The van der Waals surface area contributed by atoms with Gasteiger partial charge in [0.25, 0.3) is 5.91 Å². The highest BCUT2D eigenvalue weighted by molar-refractivity contribution is 5.97. The predicted octanol–water partition coefficient (Wildman–Crippen LogP) is 3.82. The molecule has 0 aliphatic rings. The number of ether oxygens (including phenoxy) is 3. The molecule has 0 fully saturated rings. The van der Waals surface area contributed by atoms with Crippen LogP contribution in [-0.4, -0.2) is 36.1 Å². The monoisotopic (exact) mass is 491 g/mol. The van der Waals surface area contributed by atoms with Gasteiger partial charge < -0.3 is 14.2 Å². The summed E-state index contributed by atoms with van der Waals surface area (Å²) in [6.07, 6.45) is 1.13. The van der Waals surface area contributed by atoms with E-state index in [4.69, 9.17) is 14.2 Å². The number of hydrazone groups is 1. The summed E-state index contributed by atoms with van der Waals surface area (Å²) in [4.78, 5) is 47.2. The minimum absolute atomic E-state index is 0.0172. The molecule has 0 spiro atoms. The van der Waals surface area contributed by atoms with Crippen molar-refractivity contribution in [3.8, 4) is 17.2 Å². The number of amides is 1. The molecule has 3 aromatic rings. The summed E-state index contributed by atoms with van der Waals surface area (Å²) >= 11 is 0. The normalized spacial score (nSPS) is 10.5. The van der Waals surface area contributed by atoms with Crippen molar-refractivity contribution in [3.63, 3.8) is 0 Å². The lowest BCUT2D eigenvalue weighted by molar-refractivity contribution is -0.385. The molecule has 0 aromatic heterocycles. The molecule has 0 saturated carbocycles. The highest BCUT2D eigenvalue weighted by atomic mass is 16.6. The fourth-order valence-corrected chi connectivity index (χ4v) is 3.01. The SMILES string of the molecule is COc1cc(C(=O)Oc2c(/C=N/NC(=O)c3ccc(C)cc3)cccc2[N+](=O)[O-])ccc1OC(C)=O. The van der Waals surface area contributed by atoms with Crippen LogP contribution in [0.5, 0.6) is 17.2 Å². The fourth-order valence-electron chi connectivity index (χ4n) is 3.01. The third-order valence-electron chi connectivity index (χ3n) is 4.75. The smallest absolute Gasteiger partial charge is 0.343 e. The second-order valence-corrected chi connectivity index (χ2v) is 7.37. The summed E-state index contributed by atoms with van der Waals surface area (Å²) in [6.45, 7) is 3.09. The molecule has 1 N–H and O–H groups in total. The number of nitrogens with one attached hydrogen (secondary N) is 1. The number of benzene rings is 3. The van der Waals surface area contributed by atoms with Crippen molar-refractivity contribution < 1.29 is 33.5 Å². The van der Waals surface area contributed by atoms with Crippen LogP contribution in [0, 0.1) is 17.0 Å². The third-order valence-corrected chi connectivity index (χ3v) is 4.75. The van der Waals surface area contributed by atoms with E-state index in [0.29, 0.717) is 5.56 Å².